The summed E-state index contributed by atoms with van der Waals surface area (Å²) in [5, 5.41) is 9.24. The molecule has 0 aromatic carbocycles. The van der Waals surface area contributed by atoms with E-state index in [0.29, 0.717) is 5.56 Å². The van der Waals surface area contributed by atoms with Crippen molar-refractivity contribution in [2.45, 2.75) is 18.4 Å². The van der Waals surface area contributed by atoms with E-state index in [4.69, 9.17) is 16.7 Å². The molecule has 1 N–H and O–H groups in total. The zero-order valence-corrected chi connectivity index (χ0v) is 9.32. The molecule has 1 aromatic rings. The summed E-state index contributed by atoms with van der Waals surface area (Å²) in [6, 6.07) is 1.39. The van der Waals surface area contributed by atoms with Crippen molar-refractivity contribution in [1.29, 1.82) is 0 Å². The standard InChI is InChI=1S/C8H7BrClF2NO/c9-2-4-1-5(10)6(3-14)13-7(4)8(11)12/h1,8,14H,2-3H2. The van der Waals surface area contributed by atoms with Gasteiger partial charge in [-0.2, -0.15) is 0 Å². The monoisotopic (exact) mass is 285 g/mol. The highest BCUT2D eigenvalue weighted by atomic mass is 79.9. The third-order valence-corrected chi connectivity index (χ3v) is 2.59. The van der Waals surface area contributed by atoms with Gasteiger partial charge in [-0.15, -0.1) is 0 Å². The number of aromatic nitrogens is 1. The molecule has 0 atom stereocenters. The first-order valence-corrected chi connectivity index (χ1v) is 5.23. The molecule has 2 nitrogen and oxygen atoms in total. The molecule has 0 unspecified atom stereocenters. The van der Waals surface area contributed by atoms with Gasteiger partial charge < -0.3 is 5.11 Å². The molecular weight excluding hydrogens is 279 g/mol. The summed E-state index contributed by atoms with van der Waals surface area (Å²) in [6.07, 6.45) is -2.66. The Morgan fingerprint density at radius 3 is 2.64 bits per heavy atom. The highest BCUT2D eigenvalue weighted by Crippen LogP contribution is 2.27. The minimum atomic E-state index is -2.66. The quantitative estimate of drug-likeness (QED) is 0.866. The highest BCUT2D eigenvalue weighted by Gasteiger charge is 2.17. The lowest BCUT2D eigenvalue weighted by Gasteiger charge is -2.08. The Labute approximate surface area is 93.0 Å². The van der Waals surface area contributed by atoms with Gasteiger partial charge in [0, 0.05) is 5.33 Å². The van der Waals surface area contributed by atoms with Gasteiger partial charge >= 0.3 is 0 Å². The van der Waals surface area contributed by atoms with Crippen molar-refractivity contribution in [1.82, 2.24) is 4.98 Å². The number of halogens is 4. The van der Waals surface area contributed by atoms with Crippen molar-refractivity contribution >= 4 is 27.5 Å². The third-order valence-electron chi connectivity index (χ3n) is 1.66. The summed E-state index contributed by atoms with van der Waals surface area (Å²) < 4.78 is 24.9. The molecule has 1 rings (SSSR count). The third kappa shape index (κ3) is 2.40. The zero-order chi connectivity index (χ0) is 10.7. The first kappa shape index (κ1) is 11.8. The Morgan fingerprint density at radius 2 is 2.21 bits per heavy atom. The molecule has 14 heavy (non-hydrogen) atoms. The molecule has 0 spiro atoms. The number of aliphatic hydroxyl groups excluding tert-OH is 1. The molecule has 0 aliphatic rings. The Kier molecular flexibility index (Phi) is 4.22. The van der Waals surface area contributed by atoms with E-state index in [1.165, 1.54) is 6.07 Å². The second-order valence-electron chi connectivity index (χ2n) is 2.55. The van der Waals surface area contributed by atoms with Crippen molar-refractivity contribution in [2.24, 2.45) is 0 Å². The molecular formula is C8H7BrClF2NO. The van der Waals surface area contributed by atoms with Crippen molar-refractivity contribution in [3.63, 3.8) is 0 Å². The van der Waals surface area contributed by atoms with Crippen LogP contribution in [0, 0.1) is 0 Å². The smallest absolute Gasteiger partial charge is 0.280 e. The van der Waals surface area contributed by atoms with E-state index < -0.39 is 13.0 Å². The van der Waals surface area contributed by atoms with E-state index in [2.05, 4.69) is 20.9 Å². The number of rotatable bonds is 3. The minimum Gasteiger partial charge on any atom is -0.390 e. The number of pyridine rings is 1. The van der Waals surface area contributed by atoms with Gasteiger partial charge in [-0.1, -0.05) is 27.5 Å². The second kappa shape index (κ2) is 5.00. The van der Waals surface area contributed by atoms with Crippen LogP contribution in [-0.4, -0.2) is 10.1 Å². The van der Waals surface area contributed by atoms with Crippen molar-refractivity contribution in [3.05, 3.63) is 28.0 Å². The number of hydrogen-bond donors (Lipinski definition) is 1. The summed E-state index contributed by atoms with van der Waals surface area (Å²) in [6.45, 7) is -0.443. The van der Waals surface area contributed by atoms with Crippen LogP contribution >= 0.6 is 27.5 Å². The minimum absolute atomic E-state index is 0.0756. The average molecular weight is 287 g/mol. The van der Waals surface area contributed by atoms with Gasteiger partial charge in [0.05, 0.1) is 17.3 Å². The van der Waals surface area contributed by atoms with Crippen molar-refractivity contribution < 1.29 is 13.9 Å². The number of hydrogen-bond acceptors (Lipinski definition) is 2. The van der Waals surface area contributed by atoms with Crippen LogP contribution in [0.1, 0.15) is 23.4 Å². The maximum Gasteiger partial charge on any atom is 0.280 e. The lowest BCUT2D eigenvalue weighted by Crippen LogP contribution is -2.02. The van der Waals surface area contributed by atoms with Crippen LogP contribution in [0.25, 0.3) is 0 Å². The molecule has 1 aromatic heterocycles. The zero-order valence-electron chi connectivity index (χ0n) is 6.98. The molecule has 1 heterocycles. The number of alkyl halides is 3. The topological polar surface area (TPSA) is 33.1 Å². The lowest BCUT2D eigenvalue weighted by molar-refractivity contribution is 0.144. The van der Waals surface area contributed by atoms with Crippen LogP contribution in [0.15, 0.2) is 6.07 Å². The summed E-state index contributed by atoms with van der Waals surface area (Å²) in [7, 11) is 0. The Hall–Kier alpha value is -0.260. The van der Waals surface area contributed by atoms with E-state index in [0.717, 1.165) is 0 Å². The number of aliphatic hydroxyl groups is 1. The molecule has 0 bridgehead atoms. The van der Waals surface area contributed by atoms with Crippen molar-refractivity contribution in [3.8, 4) is 0 Å². The highest BCUT2D eigenvalue weighted by molar-refractivity contribution is 9.08. The van der Waals surface area contributed by atoms with E-state index in [9.17, 15) is 8.78 Å². The van der Waals surface area contributed by atoms with Gasteiger partial charge in [0.15, 0.2) is 0 Å². The molecule has 78 valence electrons. The lowest BCUT2D eigenvalue weighted by atomic mass is 10.2. The van der Waals surface area contributed by atoms with Gasteiger partial charge in [0.25, 0.3) is 6.43 Å². The fourth-order valence-electron chi connectivity index (χ4n) is 0.988. The van der Waals surface area contributed by atoms with Crippen LogP contribution in [0.3, 0.4) is 0 Å². The molecule has 0 aliphatic heterocycles. The van der Waals surface area contributed by atoms with Gasteiger partial charge in [-0.25, -0.2) is 13.8 Å². The first-order chi connectivity index (χ1) is 6.60. The summed E-state index contributed by atoms with van der Waals surface area (Å²) in [5.74, 6) is 0. The maximum absolute atomic E-state index is 12.5. The van der Waals surface area contributed by atoms with Gasteiger partial charge in [0.2, 0.25) is 0 Å². The summed E-state index contributed by atoms with van der Waals surface area (Å²) in [5.41, 5.74) is 0.0733. The Bertz CT molecular complexity index is 335. The maximum atomic E-state index is 12.5. The Balaban J connectivity index is 3.25. The summed E-state index contributed by atoms with van der Waals surface area (Å²) >= 11 is 8.76. The van der Waals surface area contributed by atoms with Crippen molar-refractivity contribution in [2.75, 3.05) is 0 Å². The van der Waals surface area contributed by atoms with Crippen LogP contribution in [0.2, 0.25) is 5.02 Å². The van der Waals surface area contributed by atoms with Gasteiger partial charge in [0.1, 0.15) is 5.69 Å². The summed E-state index contributed by atoms with van der Waals surface area (Å²) in [4.78, 5) is 3.60. The van der Waals surface area contributed by atoms with E-state index in [1.807, 2.05) is 0 Å². The molecule has 0 amide bonds. The second-order valence-corrected chi connectivity index (χ2v) is 3.52. The number of nitrogens with zero attached hydrogens (tertiary/aromatic N) is 1. The molecule has 0 saturated carbocycles. The molecule has 0 saturated heterocycles. The fourth-order valence-corrected chi connectivity index (χ4v) is 1.67. The predicted octanol–water partition coefficient (Wildman–Crippen LogP) is 3.06. The van der Waals surface area contributed by atoms with Crippen LogP contribution < -0.4 is 0 Å². The molecule has 0 radical (unpaired) electrons. The Morgan fingerprint density at radius 1 is 1.57 bits per heavy atom. The largest absolute Gasteiger partial charge is 0.390 e. The van der Waals surface area contributed by atoms with E-state index in [1.54, 1.807) is 0 Å². The molecule has 0 aliphatic carbocycles. The van der Waals surface area contributed by atoms with E-state index in [-0.39, 0.29) is 21.7 Å². The van der Waals surface area contributed by atoms with Crippen LogP contribution in [0.5, 0.6) is 0 Å². The first-order valence-electron chi connectivity index (χ1n) is 3.73. The van der Waals surface area contributed by atoms with Crippen LogP contribution in [0.4, 0.5) is 8.78 Å². The molecule has 6 heteroatoms. The van der Waals surface area contributed by atoms with Gasteiger partial charge in [-0.3, -0.25) is 0 Å². The SMILES string of the molecule is OCc1nc(C(F)F)c(CBr)cc1Cl. The predicted molar refractivity (Wildman–Crippen MR) is 52.8 cm³/mol. The van der Waals surface area contributed by atoms with Gasteiger partial charge in [-0.05, 0) is 11.6 Å². The fraction of sp³-hybridized carbons (Fsp3) is 0.375. The van der Waals surface area contributed by atoms with Crippen LogP contribution in [-0.2, 0) is 11.9 Å². The van der Waals surface area contributed by atoms with E-state index >= 15 is 0 Å². The normalized spacial score (nSPS) is 11.0. The average Bonchev–Trinajstić information content (AvgIpc) is 2.16. The molecule has 0 fully saturated rings.